The molecule has 0 radical (unpaired) electrons. The molecule has 3 atom stereocenters. The van der Waals surface area contributed by atoms with E-state index in [9.17, 15) is 4.79 Å². The SMILES string of the molecule is CC1CC(C)CC([C@@H](N)C(=O)O)C1. The highest BCUT2D eigenvalue weighted by molar-refractivity contribution is 5.73. The fraction of sp³-hybridized carbons (Fsp3) is 0.900. The average Bonchev–Trinajstić information content (AvgIpc) is 2.01. The van der Waals surface area contributed by atoms with E-state index in [0.717, 1.165) is 12.8 Å². The monoisotopic (exact) mass is 185 g/mol. The molecule has 0 aromatic carbocycles. The van der Waals surface area contributed by atoms with Gasteiger partial charge in [-0.3, -0.25) is 4.79 Å². The van der Waals surface area contributed by atoms with Crippen molar-refractivity contribution in [2.45, 2.75) is 39.2 Å². The molecule has 0 aromatic rings. The lowest BCUT2D eigenvalue weighted by atomic mass is 9.74. The first kappa shape index (κ1) is 10.5. The Labute approximate surface area is 79.3 Å². The van der Waals surface area contributed by atoms with E-state index in [1.54, 1.807) is 0 Å². The van der Waals surface area contributed by atoms with Crippen molar-refractivity contribution >= 4 is 5.97 Å². The van der Waals surface area contributed by atoms with Crippen LogP contribution in [0.25, 0.3) is 0 Å². The summed E-state index contributed by atoms with van der Waals surface area (Å²) in [5, 5.41) is 8.78. The average molecular weight is 185 g/mol. The molecule has 0 amide bonds. The number of hydrogen-bond acceptors (Lipinski definition) is 2. The second kappa shape index (κ2) is 4.09. The zero-order chi connectivity index (χ0) is 10.0. The lowest BCUT2D eigenvalue weighted by molar-refractivity contribution is -0.140. The van der Waals surface area contributed by atoms with Crippen LogP contribution in [0.5, 0.6) is 0 Å². The third kappa shape index (κ3) is 2.69. The molecule has 13 heavy (non-hydrogen) atoms. The molecule has 0 saturated heterocycles. The van der Waals surface area contributed by atoms with Crippen molar-refractivity contribution in [3.8, 4) is 0 Å². The highest BCUT2D eigenvalue weighted by Gasteiger charge is 2.31. The lowest BCUT2D eigenvalue weighted by Crippen LogP contribution is -2.41. The van der Waals surface area contributed by atoms with Gasteiger partial charge in [-0.15, -0.1) is 0 Å². The lowest BCUT2D eigenvalue weighted by Gasteiger charge is -2.33. The molecule has 2 unspecified atom stereocenters. The normalized spacial score (nSPS) is 37.0. The van der Waals surface area contributed by atoms with Gasteiger partial charge in [-0.2, -0.15) is 0 Å². The standard InChI is InChI=1S/C10H19NO2/c1-6-3-7(2)5-8(4-6)9(11)10(12)13/h6-9H,3-5,11H2,1-2H3,(H,12,13)/t6?,7?,8?,9-/m1/s1. The minimum atomic E-state index is -0.855. The molecule has 1 rings (SSSR count). The molecule has 1 aliphatic rings. The van der Waals surface area contributed by atoms with E-state index in [2.05, 4.69) is 13.8 Å². The van der Waals surface area contributed by atoms with Gasteiger partial charge in [0.1, 0.15) is 6.04 Å². The predicted molar refractivity (Wildman–Crippen MR) is 51.3 cm³/mol. The van der Waals surface area contributed by atoms with Crippen LogP contribution in [0.1, 0.15) is 33.1 Å². The van der Waals surface area contributed by atoms with Gasteiger partial charge >= 0.3 is 5.97 Å². The third-order valence-electron chi connectivity index (χ3n) is 3.01. The van der Waals surface area contributed by atoms with Gasteiger partial charge in [0, 0.05) is 0 Å². The molecule has 0 spiro atoms. The largest absolute Gasteiger partial charge is 0.480 e. The topological polar surface area (TPSA) is 63.3 Å². The van der Waals surface area contributed by atoms with Crippen LogP contribution in [0, 0.1) is 17.8 Å². The Morgan fingerprint density at radius 2 is 1.77 bits per heavy atom. The Hall–Kier alpha value is -0.570. The van der Waals surface area contributed by atoms with Gasteiger partial charge < -0.3 is 10.8 Å². The summed E-state index contributed by atoms with van der Waals surface area (Å²) in [5.41, 5.74) is 5.62. The van der Waals surface area contributed by atoms with Crippen LogP contribution in [0.4, 0.5) is 0 Å². The summed E-state index contributed by atoms with van der Waals surface area (Å²) in [5.74, 6) is 0.570. The first-order valence-electron chi connectivity index (χ1n) is 4.99. The molecular formula is C10H19NO2. The van der Waals surface area contributed by atoms with Gasteiger partial charge in [0.2, 0.25) is 0 Å². The molecule has 0 aromatic heterocycles. The Morgan fingerprint density at radius 3 is 2.15 bits per heavy atom. The fourth-order valence-corrected chi connectivity index (χ4v) is 2.50. The Morgan fingerprint density at radius 1 is 1.31 bits per heavy atom. The molecule has 3 heteroatoms. The Balaban J connectivity index is 2.54. The zero-order valence-corrected chi connectivity index (χ0v) is 8.36. The maximum absolute atomic E-state index is 10.7. The first-order chi connectivity index (χ1) is 6.00. The minimum absolute atomic E-state index is 0.177. The van der Waals surface area contributed by atoms with Gasteiger partial charge in [-0.1, -0.05) is 13.8 Å². The van der Waals surface area contributed by atoms with Gasteiger partial charge in [-0.25, -0.2) is 0 Å². The fourth-order valence-electron chi connectivity index (χ4n) is 2.50. The number of carboxylic acid groups (broad SMARTS) is 1. The summed E-state index contributed by atoms with van der Waals surface area (Å²) >= 11 is 0. The highest BCUT2D eigenvalue weighted by Crippen LogP contribution is 2.34. The third-order valence-corrected chi connectivity index (χ3v) is 3.01. The predicted octanol–water partition coefficient (Wildman–Crippen LogP) is 1.47. The molecular weight excluding hydrogens is 166 g/mol. The van der Waals surface area contributed by atoms with Crippen LogP contribution < -0.4 is 5.73 Å². The summed E-state index contributed by atoms with van der Waals surface area (Å²) < 4.78 is 0. The molecule has 1 saturated carbocycles. The van der Waals surface area contributed by atoms with Crippen LogP contribution in [-0.4, -0.2) is 17.1 Å². The molecule has 0 bridgehead atoms. The van der Waals surface area contributed by atoms with Crippen molar-refractivity contribution in [1.82, 2.24) is 0 Å². The molecule has 0 heterocycles. The first-order valence-corrected chi connectivity index (χ1v) is 4.99. The van der Waals surface area contributed by atoms with E-state index in [1.165, 1.54) is 6.42 Å². The van der Waals surface area contributed by atoms with E-state index in [1.807, 2.05) is 0 Å². The highest BCUT2D eigenvalue weighted by atomic mass is 16.4. The summed E-state index contributed by atoms with van der Waals surface area (Å²) in [7, 11) is 0. The van der Waals surface area contributed by atoms with Crippen LogP contribution >= 0.6 is 0 Å². The summed E-state index contributed by atoms with van der Waals surface area (Å²) in [6, 6.07) is -0.662. The quantitative estimate of drug-likeness (QED) is 0.684. The number of hydrogen-bond donors (Lipinski definition) is 2. The molecule has 3 nitrogen and oxygen atoms in total. The van der Waals surface area contributed by atoms with Crippen molar-refractivity contribution < 1.29 is 9.90 Å². The van der Waals surface area contributed by atoms with Crippen LogP contribution in [0.15, 0.2) is 0 Å². The summed E-state index contributed by atoms with van der Waals surface area (Å²) in [6.07, 6.45) is 3.15. The van der Waals surface area contributed by atoms with E-state index in [-0.39, 0.29) is 5.92 Å². The van der Waals surface area contributed by atoms with E-state index in [4.69, 9.17) is 10.8 Å². The Kier molecular flexibility index (Phi) is 3.31. The van der Waals surface area contributed by atoms with Crippen LogP contribution in [0.3, 0.4) is 0 Å². The van der Waals surface area contributed by atoms with Gasteiger partial charge in [0.25, 0.3) is 0 Å². The van der Waals surface area contributed by atoms with Crippen molar-refractivity contribution in [2.24, 2.45) is 23.5 Å². The molecule has 3 N–H and O–H groups in total. The van der Waals surface area contributed by atoms with Crippen LogP contribution in [-0.2, 0) is 4.79 Å². The second-order valence-electron chi connectivity index (χ2n) is 4.54. The summed E-state index contributed by atoms with van der Waals surface area (Å²) in [4.78, 5) is 10.7. The molecule has 1 fully saturated rings. The van der Waals surface area contributed by atoms with E-state index in [0.29, 0.717) is 11.8 Å². The molecule has 1 aliphatic carbocycles. The smallest absolute Gasteiger partial charge is 0.320 e. The molecule has 76 valence electrons. The van der Waals surface area contributed by atoms with E-state index >= 15 is 0 Å². The number of rotatable bonds is 2. The maximum Gasteiger partial charge on any atom is 0.320 e. The number of nitrogens with two attached hydrogens (primary N) is 1. The summed E-state index contributed by atoms with van der Waals surface area (Å²) in [6.45, 7) is 4.36. The Bertz CT molecular complexity index is 183. The zero-order valence-electron chi connectivity index (χ0n) is 8.36. The van der Waals surface area contributed by atoms with E-state index < -0.39 is 12.0 Å². The number of aliphatic carboxylic acids is 1. The van der Waals surface area contributed by atoms with Crippen molar-refractivity contribution in [3.63, 3.8) is 0 Å². The molecule has 0 aliphatic heterocycles. The maximum atomic E-state index is 10.7. The van der Waals surface area contributed by atoms with Gasteiger partial charge in [-0.05, 0) is 37.0 Å². The van der Waals surface area contributed by atoms with Gasteiger partial charge in [0.05, 0.1) is 0 Å². The second-order valence-corrected chi connectivity index (χ2v) is 4.54. The van der Waals surface area contributed by atoms with Crippen LogP contribution in [0.2, 0.25) is 0 Å². The van der Waals surface area contributed by atoms with Gasteiger partial charge in [0.15, 0.2) is 0 Å². The number of carboxylic acids is 1. The van der Waals surface area contributed by atoms with Crippen molar-refractivity contribution in [3.05, 3.63) is 0 Å². The van der Waals surface area contributed by atoms with Crippen molar-refractivity contribution in [2.75, 3.05) is 0 Å². The van der Waals surface area contributed by atoms with Crippen molar-refractivity contribution in [1.29, 1.82) is 0 Å². The number of carbonyl (C=O) groups is 1. The minimum Gasteiger partial charge on any atom is -0.480 e.